The number of hydrogen-bond acceptors (Lipinski definition) is 5. The fourth-order valence-corrected chi connectivity index (χ4v) is 5.94. The van der Waals surface area contributed by atoms with Crippen LogP contribution in [-0.2, 0) is 26.2 Å². The molecule has 0 fully saturated rings. The lowest BCUT2D eigenvalue weighted by atomic mass is 10.1. The monoisotopic (exact) mass is 613 g/mol. The number of hydrogen-bond donors (Lipinski definition) is 1. The van der Waals surface area contributed by atoms with Gasteiger partial charge in [-0.05, 0) is 88.7 Å². The van der Waals surface area contributed by atoms with Crippen LogP contribution in [0.5, 0.6) is 11.5 Å². The Labute approximate surface area is 260 Å². The van der Waals surface area contributed by atoms with E-state index in [1.54, 1.807) is 49.4 Å². The van der Waals surface area contributed by atoms with Crippen molar-refractivity contribution in [2.24, 2.45) is 0 Å². The second-order valence-corrected chi connectivity index (χ2v) is 13.5. The van der Waals surface area contributed by atoms with E-state index in [9.17, 15) is 18.0 Å². The molecule has 9 heteroatoms. The van der Waals surface area contributed by atoms with Crippen LogP contribution in [0.4, 0.5) is 5.69 Å². The predicted octanol–water partition coefficient (Wildman–Crippen LogP) is 6.31. The number of aryl methyl sites for hydroxylation is 1. The van der Waals surface area contributed by atoms with E-state index in [4.69, 9.17) is 4.74 Å². The summed E-state index contributed by atoms with van der Waals surface area (Å²) in [6, 6.07) is 30.5. The number of carbonyl (C=O) groups is 2. The summed E-state index contributed by atoms with van der Waals surface area (Å²) in [7, 11) is -4.16. The van der Waals surface area contributed by atoms with Gasteiger partial charge < -0.3 is 15.0 Å². The zero-order chi connectivity index (χ0) is 31.9. The number of para-hydroxylation sites is 1. The lowest BCUT2D eigenvalue weighted by Gasteiger charge is -2.33. The third kappa shape index (κ3) is 8.48. The van der Waals surface area contributed by atoms with Gasteiger partial charge in [0.15, 0.2) is 0 Å². The van der Waals surface area contributed by atoms with Crippen LogP contribution in [0.25, 0.3) is 0 Å². The van der Waals surface area contributed by atoms with Crippen molar-refractivity contribution in [3.05, 3.63) is 120 Å². The second kappa shape index (κ2) is 13.8. The molecule has 0 spiro atoms. The molecular weight excluding hydrogens is 574 g/mol. The van der Waals surface area contributed by atoms with E-state index in [2.05, 4.69) is 5.32 Å². The van der Waals surface area contributed by atoms with Gasteiger partial charge in [0.25, 0.3) is 10.0 Å². The number of anilines is 1. The molecule has 0 aromatic heterocycles. The van der Waals surface area contributed by atoms with Gasteiger partial charge in [-0.15, -0.1) is 0 Å². The van der Waals surface area contributed by atoms with Crippen LogP contribution in [0.15, 0.2) is 114 Å². The molecule has 0 aliphatic heterocycles. The maximum atomic E-state index is 14.1. The first-order chi connectivity index (χ1) is 20.8. The smallest absolute Gasteiger partial charge is 0.264 e. The summed E-state index contributed by atoms with van der Waals surface area (Å²) in [5.74, 6) is 0.291. The van der Waals surface area contributed by atoms with Gasteiger partial charge in [0.2, 0.25) is 11.8 Å². The fourth-order valence-electron chi connectivity index (χ4n) is 4.50. The highest BCUT2D eigenvalue weighted by molar-refractivity contribution is 7.92. The molecule has 0 unspecified atom stereocenters. The van der Waals surface area contributed by atoms with Gasteiger partial charge in [0.1, 0.15) is 24.1 Å². The van der Waals surface area contributed by atoms with Crippen molar-refractivity contribution in [3.8, 4) is 11.5 Å². The van der Waals surface area contributed by atoms with Crippen LogP contribution in [0, 0.1) is 6.92 Å². The minimum atomic E-state index is -4.16. The number of carbonyl (C=O) groups excluding carboxylic acids is 2. The molecule has 1 atom stereocenters. The maximum Gasteiger partial charge on any atom is 0.264 e. The van der Waals surface area contributed by atoms with Gasteiger partial charge >= 0.3 is 0 Å². The van der Waals surface area contributed by atoms with Crippen LogP contribution in [0.3, 0.4) is 0 Å². The summed E-state index contributed by atoms with van der Waals surface area (Å²) in [5.41, 5.74) is 1.64. The van der Waals surface area contributed by atoms with E-state index < -0.39 is 34.1 Å². The van der Waals surface area contributed by atoms with Crippen molar-refractivity contribution in [2.75, 3.05) is 10.8 Å². The fraction of sp³-hybridized carbons (Fsp3) is 0.257. The number of nitrogens with zero attached hydrogens (tertiary/aromatic N) is 2. The number of sulfonamides is 1. The Balaban J connectivity index is 1.69. The molecule has 0 saturated carbocycles. The van der Waals surface area contributed by atoms with E-state index in [0.717, 1.165) is 15.4 Å². The average Bonchev–Trinajstić information content (AvgIpc) is 2.99. The van der Waals surface area contributed by atoms with Crippen LogP contribution in [0.2, 0.25) is 0 Å². The first kappa shape index (κ1) is 32.3. The third-order valence-electron chi connectivity index (χ3n) is 6.85. The molecule has 0 saturated heterocycles. The molecule has 4 aromatic rings. The molecule has 1 N–H and O–H groups in total. The van der Waals surface area contributed by atoms with Crippen molar-refractivity contribution in [1.29, 1.82) is 0 Å². The molecular formula is C35H39N3O5S. The minimum absolute atomic E-state index is 0.0426. The first-order valence-electron chi connectivity index (χ1n) is 14.4. The molecule has 0 radical (unpaired) electrons. The van der Waals surface area contributed by atoms with Gasteiger partial charge in [-0.3, -0.25) is 13.9 Å². The van der Waals surface area contributed by atoms with Crippen molar-refractivity contribution in [3.63, 3.8) is 0 Å². The number of amides is 2. The van der Waals surface area contributed by atoms with Crippen molar-refractivity contribution in [1.82, 2.24) is 10.2 Å². The highest BCUT2D eigenvalue weighted by Gasteiger charge is 2.33. The third-order valence-corrected chi connectivity index (χ3v) is 8.64. The van der Waals surface area contributed by atoms with Gasteiger partial charge in [-0.1, -0.05) is 66.2 Å². The Kier molecular flexibility index (Phi) is 10.1. The Morgan fingerprint density at radius 1 is 0.795 bits per heavy atom. The Morgan fingerprint density at radius 3 is 1.91 bits per heavy atom. The Morgan fingerprint density at radius 2 is 1.34 bits per heavy atom. The number of nitrogens with one attached hydrogen (secondary N) is 1. The summed E-state index contributed by atoms with van der Waals surface area (Å²) in [4.78, 5) is 28.8. The van der Waals surface area contributed by atoms with Crippen LogP contribution in [0.1, 0.15) is 38.8 Å². The average molecular weight is 614 g/mol. The Hall–Kier alpha value is -4.63. The van der Waals surface area contributed by atoms with Crippen molar-refractivity contribution < 1.29 is 22.7 Å². The molecule has 2 amide bonds. The van der Waals surface area contributed by atoms with Crippen LogP contribution >= 0.6 is 0 Å². The molecule has 0 heterocycles. The van der Waals surface area contributed by atoms with E-state index >= 15 is 0 Å². The zero-order valence-electron chi connectivity index (χ0n) is 25.7. The molecule has 4 rings (SSSR count). The largest absolute Gasteiger partial charge is 0.457 e. The second-order valence-electron chi connectivity index (χ2n) is 11.7. The van der Waals surface area contributed by atoms with Gasteiger partial charge in [-0.2, -0.15) is 0 Å². The highest BCUT2D eigenvalue weighted by Crippen LogP contribution is 2.28. The lowest BCUT2D eigenvalue weighted by molar-refractivity contribution is -0.140. The van der Waals surface area contributed by atoms with Gasteiger partial charge in [-0.25, -0.2) is 8.42 Å². The van der Waals surface area contributed by atoms with Crippen molar-refractivity contribution in [2.45, 2.75) is 57.6 Å². The van der Waals surface area contributed by atoms with E-state index in [0.29, 0.717) is 11.5 Å². The minimum Gasteiger partial charge on any atom is -0.457 e. The summed E-state index contributed by atoms with van der Waals surface area (Å²) >= 11 is 0. The SMILES string of the molecule is Cc1ccc(CN(C(=O)CN(c2ccc(Oc3ccccc3)cc2)S(=O)(=O)c2ccccc2)[C@H](C)C(=O)NC(C)(C)C)cc1. The van der Waals surface area contributed by atoms with Crippen molar-refractivity contribution >= 4 is 27.5 Å². The highest BCUT2D eigenvalue weighted by atomic mass is 32.2. The summed E-state index contributed by atoms with van der Waals surface area (Å²) < 4.78 is 35.0. The number of ether oxygens (including phenoxy) is 1. The molecule has 0 bridgehead atoms. The molecule has 230 valence electrons. The van der Waals surface area contributed by atoms with Crippen LogP contribution < -0.4 is 14.4 Å². The van der Waals surface area contributed by atoms with E-state index in [-0.39, 0.29) is 23.0 Å². The lowest BCUT2D eigenvalue weighted by Crippen LogP contribution is -2.54. The molecule has 8 nitrogen and oxygen atoms in total. The van der Waals surface area contributed by atoms with Gasteiger partial charge in [0.05, 0.1) is 10.6 Å². The Bertz CT molecular complexity index is 1650. The first-order valence-corrected chi connectivity index (χ1v) is 15.9. The number of rotatable bonds is 11. The maximum absolute atomic E-state index is 14.1. The van der Waals surface area contributed by atoms with Gasteiger partial charge in [0, 0.05) is 12.1 Å². The molecule has 4 aromatic carbocycles. The standard InChI is InChI=1S/C35H39N3O5S/c1-26-16-18-28(19-17-26)24-37(27(2)34(40)36-35(3,4)5)33(39)25-38(44(41,42)32-14-10-7-11-15-32)29-20-22-31(23-21-29)43-30-12-8-6-9-13-30/h6-23,27H,24-25H2,1-5H3,(H,36,40)/t27-/m1/s1. The van der Waals surface area contributed by atoms with Crippen LogP contribution in [-0.4, -0.2) is 43.3 Å². The summed E-state index contributed by atoms with van der Waals surface area (Å²) in [5, 5.41) is 2.94. The molecule has 0 aliphatic carbocycles. The normalized spacial score (nSPS) is 12.2. The zero-order valence-corrected chi connectivity index (χ0v) is 26.5. The summed E-state index contributed by atoms with van der Waals surface area (Å²) in [6.07, 6.45) is 0. The topological polar surface area (TPSA) is 96.0 Å². The molecule has 44 heavy (non-hydrogen) atoms. The quantitative estimate of drug-likeness (QED) is 0.214. The number of benzene rings is 4. The van der Waals surface area contributed by atoms with E-state index in [1.807, 2.05) is 82.3 Å². The summed E-state index contributed by atoms with van der Waals surface area (Å²) in [6.45, 7) is 8.82. The predicted molar refractivity (Wildman–Crippen MR) is 173 cm³/mol. The van der Waals surface area contributed by atoms with E-state index in [1.165, 1.54) is 17.0 Å². The molecule has 0 aliphatic rings.